The topological polar surface area (TPSA) is 95.5 Å². The zero-order chi connectivity index (χ0) is 37.0. The Kier molecular flexibility index (Phi) is 10.6. The van der Waals surface area contributed by atoms with Crippen LogP contribution >= 0.6 is 22.7 Å². The van der Waals surface area contributed by atoms with E-state index in [1.807, 2.05) is 64.7 Å². The first-order valence-electron chi connectivity index (χ1n) is 18.8. The predicted octanol–water partition coefficient (Wildman–Crippen LogP) is 8.95. The highest BCUT2D eigenvalue weighted by Gasteiger charge is 2.37. The van der Waals surface area contributed by atoms with Crippen molar-refractivity contribution in [2.75, 3.05) is 13.1 Å². The zero-order valence-corrected chi connectivity index (χ0v) is 32.0. The van der Waals surface area contributed by atoms with Gasteiger partial charge >= 0.3 is 0 Å². The van der Waals surface area contributed by atoms with Crippen LogP contribution in [0.15, 0.2) is 115 Å². The molecule has 2 saturated heterocycles. The lowest BCUT2D eigenvalue weighted by atomic mass is 9.96. The van der Waals surface area contributed by atoms with Crippen LogP contribution in [0.5, 0.6) is 0 Å². The zero-order valence-electron chi connectivity index (χ0n) is 30.3. The summed E-state index contributed by atoms with van der Waals surface area (Å²) in [7, 11) is 0. The fraction of sp³-hybridized carbons (Fsp3) is 0.295. The molecule has 10 heteroatoms. The summed E-state index contributed by atoms with van der Waals surface area (Å²) < 4.78 is 0. The quantitative estimate of drug-likeness (QED) is 0.154. The van der Waals surface area contributed by atoms with Gasteiger partial charge in [0.15, 0.2) is 0 Å². The summed E-state index contributed by atoms with van der Waals surface area (Å²) >= 11 is 3.32. The van der Waals surface area contributed by atoms with Crippen molar-refractivity contribution in [2.45, 2.75) is 70.0 Å². The fourth-order valence-corrected chi connectivity index (χ4v) is 9.97. The van der Waals surface area contributed by atoms with Crippen LogP contribution in [0.2, 0.25) is 0 Å². The molecule has 8 rings (SSSR count). The Labute approximate surface area is 324 Å². The maximum Gasteiger partial charge on any atom is 0.250 e. The number of likely N-dealkylation sites (tertiary alicyclic amines) is 2. The predicted molar refractivity (Wildman–Crippen MR) is 216 cm³/mol. The number of rotatable bonds is 10. The third kappa shape index (κ3) is 7.72. The third-order valence-corrected chi connectivity index (χ3v) is 12.9. The Hall–Kier alpha value is -5.19. The molecule has 2 aromatic heterocycles. The Balaban J connectivity index is 0.918. The summed E-state index contributed by atoms with van der Waals surface area (Å²) in [5.74, 6) is -0.0910. The molecule has 0 spiro atoms. The maximum atomic E-state index is 13.9. The highest BCUT2D eigenvalue weighted by molar-refractivity contribution is 7.15. The van der Waals surface area contributed by atoms with Gasteiger partial charge in [0, 0.05) is 32.4 Å². The van der Waals surface area contributed by atoms with Gasteiger partial charge in [0.25, 0.3) is 0 Å². The SMILES string of the molecule is CC(=O)N[C@H](C(=O)N1CCC[C@H]1c1ncc(-c2ccc(-c3ccc(-c4cnc([C@@H]5CCCN5C(=O)Cc5ccccc5)s4)cc3)cc2)s1)C1=CC=CCC1. The van der Waals surface area contributed by atoms with Gasteiger partial charge < -0.3 is 15.1 Å². The van der Waals surface area contributed by atoms with Crippen molar-refractivity contribution >= 4 is 40.4 Å². The second kappa shape index (κ2) is 16.0. The van der Waals surface area contributed by atoms with Gasteiger partial charge in [-0.25, -0.2) is 9.97 Å². The number of hydrogen-bond donors (Lipinski definition) is 1. The van der Waals surface area contributed by atoms with Crippen molar-refractivity contribution in [3.05, 3.63) is 131 Å². The van der Waals surface area contributed by atoms with E-state index >= 15 is 0 Å². The van der Waals surface area contributed by atoms with Gasteiger partial charge in [0.2, 0.25) is 17.7 Å². The molecule has 3 aromatic carbocycles. The standard InChI is InChI=1S/C44H43N5O3S2/c1-29(50)47-41(35-12-6-3-7-13-35)44(52)49-25-9-15-37(49)43-46-28-39(54-43)34-22-18-32(19-23-34)31-16-20-33(21-17-31)38-27-45-42(53-38)36-14-8-24-48(36)40(51)26-30-10-4-2-5-11-30/h2-6,10-12,16-23,27-28,36-37,41H,7-9,13-15,24-26H2,1H3,(H,47,50)/t36-,37-,41-/m0/s1. The van der Waals surface area contributed by atoms with Crippen molar-refractivity contribution in [2.24, 2.45) is 0 Å². The molecule has 4 heterocycles. The second-order valence-electron chi connectivity index (χ2n) is 14.2. The van der Waals surface area contributed by atoms with Crippen molar-refractivity contribution in [3.63, 3.8) is 0 Å². The summed E-state index contributed by atoms with van der Waals surface area (Å²) in [5.41, 5.74) is 6.46. The Morgan fingerprint density at radius 1 is 0.759 bits per heavy atom. The molecule has 0 bridgehead atoms. The monoisotopic (exact) mass is 753 g/mol. The normalized spacial score (nSPS) is 18.8. The van der Waals surface area contributed by atoms with Gasteiger partial charge in [-0.05, 0) is 71.9 Å². The molecule has 274 valence electrons. The van der Waals surface area contributed by atoms with E-state index in [0.29, 0.717) is 13.0 Å². The van der Waals surface area contributed by atoms with E-state index in [4.69, 9.17) is 9.97 Å². The Morgan fingerprint density at radius 3 is 1.87 bits per heavy atom. The molecule has 5 aromatic rings. The van der Waals surface area contributed by atoms with Crippen LogP contribution in [-0.4, -0.2) is 56.6 Å². The number of carbonyl (C=O) groups excluding carboxylic acids is 3. The lowest BCUT2D eigenvalue weighted by molar-refractivity contribution is -0.136. The molecule has 2 fully saturated rings. The number of nitrogens with zero attached hydrogens (tertiary/aromatic N) is 4. The smallest absolute Gasteiger partial charge is 0.250 e. The minimum atomic E-state index is -0.640. The molecule has 2 aliphatic heterocycles. The molecule has 0 unspecified atom stereocenters. The molecule has 54 heavy (non-hydrogen) atoms. The van der Waals surface area contributed by atoms with Crippen molar-refractivity contribution < 1.29 is 14.4 Å². The number of nitrogens with one attached hydrogen (secondary N) is 1. The lowest BCUT2D eigenvalue weighted by Crippen LogP contribution is -2.49. The van der Waals surface area contributed by atoms with Crippen LogP contribution in [0.1, 0.15) is 73.1 Å². The average Bonchev–Trinajstić information content (AvgIpc) is 4.04. The highest BCUT2D eigenvalue weighted by Crippen LogP contribution is 2.40. The van der Waals surface area contributed by atoms with Gasteiger partial charge in [-0.2, -0.15) is 0 Å². The lowest BCUT2D eigenvalue weighted by Gasteiger charge is -2.30. The average molecular weight is 754 g/mol. The Morgan fingerprint density at radius 2 is 1.31 bits per heavy atom. The fourth-order valence-electron chi connectivity index (χ4n) is 7.83. The second-order valence-corrected chi connectivity index (χ2v) is 16.3. The van der Waals surface area contributed by atoms with E-state index in [9.17, 15) is 14.4 Å². The number of aromatic nitrogens is 2. The van der Waals surface area contributed by atoms with Crippen molar-refractivity contribution in [3.8, 4) is 32.0 Å². The largest absolute Gasteiger partial charge is 0.341 e. The summed E-state index contributed by atoms with van der Waals surface area (Å²) in [6, 6.07) is 26.4. The van der Waals surface area contributed by atoms with E-state index in [-0.39, 0.29) is 29.8 Å². The van der Waals surface area contributed by atoms with Crippen LogP contribution < -0.4 is 5.32 Å². The molecule has 0 saturated carbocycles. The first-order chi connectivity index (χ1) is 26.4. The summed E-state index contributed by atoms with van der Waals surface area (Å²) in [6.45, 7) is 2.90. The molecular formula is C44H43N5O3S2. The molecule has 3 atom stereocenters. The number of thiazole rings is 2. The van der Waals surface area contributed by atoms with Crippen LogP contribution in [0.3, 0.4) is 0 Å². The molecule has 8 nitrogen and oxygen atoms in total. The molecule has 1 N–H and O–H groups in total. The van der Waals surface area contributed by atoms with Gasteiger partial charge in [-0.15, -0.1) is 22.7 Å². The van der Waals surface area contributed by atoms with E-state index in [2.05, 4.69) is 59.9 Å². The van der Waals surface area contributed by atoms with E-state index in [1.54, 1.807) is 22.7 Å². The first-order valence-corrected chi connectivity index (χ1v) is 20.4. The van der Waals surface area contributed by atoms with E-state index in [1.165, 1.54) is 6.92 Å². The molecule has 3 amide bonds. The van der Waals surface area contributed by atoms with Crippen molar-refractivity contribution in [1.82, 2.24) is 25.1 Å². The minimum absolute atomic E-state index is 0.0383. The molecule has 3 aliphatic rings. The Bertz CT molecular complexity index is 2190. The van der Waals surface area contributed by atoms with Crippen molar-refractivity contribution in [1.29, 1.82) is 0 Å². The van der Waals surface area contributed by atoms with Gasteiger partial charge in [0.05, 0.1) is 28.3 Å². The molecule has 1 aliphatic carbocycles. The van der Waals surface area contributed by atoms with E-state index < -0.39 is 6.04 Å². The number of carbonyl (C=O) groups is 3. The number of hydrogen-bond acceptors (Lipinski definition) is 7. The van der Waals surface area contributed by atoms with Crippen LogP contribution in [0.4, 0.5) is 0 Å². The number of amides is 3. The third-order valence-electron chi connectivity index (χ3n) is 10.6. The maximum absolute atomic E-state index is 13.9. The summed E-state index contributed by atoms with van der Waals surface area (Å²) in [6.07, 6.45) is 15.6. The van der Waals surface area contributed by atoms with Gasteiger partial charge in [-0.1, -0.05) is 97.1 Å². The molecular weight excluding hydrogens is 711 g/mol. The van der Waals surface area contributed by atoms with Crippen LogP contribution in [0, 0.1) is 0 Å². The first kappa shape index (κ1) is 35.8. The van der Waals surface area contributed by atoms with Gasteiger partial charge in [0.1, 0.15) is 16.1 Å². The number of benzene rings is 3. The highest BCUT2D eigenvalue weighted by atomic mass is 32.1. The van der Waals surface area contributed by atoms with Crippen LogP contribution in [-0.2, 0) is 20.8 Å². The van der Waals surface area contributed by atoms with Gasteiger partial charge in [-0.3, -0.25) is 14.4 Å². The number of allylic oxidation sites excluding steroid dienone is 3. The summed E-state index contributed by atoms with van der Waals surface area (Å²) in [4.78, 5) is 54.8. The van der Waals surface area contributed by atoms with Crippen LogP contribution in [0.25, 0.3) is 32.0 Å². The minimum Gasteiger partial charge on any atom is -0.341 e. The molecule has 0 radical (unpaired) electrons. The summed E-state index contributed by atoms with van der Waals surface area (Å²) in [5, 5.41) is 4.85. The van der Waals surface area contributed by atoms with E-state index in [0.717, 1.165) is 98.2 Å².